The van der Waals surface area contributed by atoms with Gasteiger partial charge in [-0.1, -0.05) is 18.2 Å². The average molecular weight is 337 g/mol. The summed E-state index contributed by atoms with van der Waals surface area (Å²) in [4.78, 5) is 2.46. The van der Waals surface area contributed by atoms with Gasteiger partial charge in [-0.25, -0.2) is 4.68 Å². The summed E-state index contributed by atoms with van der Waals surface area (Å²) < 4.78 is 2.10. The van der Waals surface area contributed by atoms with Crippen molar-refractivity contribution < 1.29 is 0 Å². The smallest absolute Gasteiger partial charge is 0.141 e. The highest BCUT2D eigenvalue weighted by atomic mass is 15.4. The molecule has 4 rings (SSSR count). The maximum Gasteiger partial charge on any atom is 0.141 e. The maximum atomic E-state index is 4.85. The molecule has 0 radical (unpaired) electrons. The zero-order chi connectivity index (χ0) is 17.1. The number of piperidine rings is 1. The maximum absolute atomic E-state index is 4.85. The molecular weight excluding hydrogens is 310 g/mol. The Kier molecular flexibility index (Phi) is 4.72. The summed E-state index contributed by atoms with van der Waals surface area (Å²) >= 11 is 0. The Morgan fingerprint density at radius 1 is 0.920 bits per heavy atom. The third-order valence-corrected chi connectivity index (χ3v) is 5.17. The van der Waals surface area contributed by atoms with E-state index < -0.39 is 0 Å². The first kappa shape index (κ1) is 16.2. The molecule has 0 spiro atoms. The zero-order valence-electron chi connectivity index (χ0n) is 15.1. The van der Waals surface area contributed by atoms with Crippen molar-refractivity contribution in [3.05, 3.63) is 41.6 Å². The van der Waals surface area contributed by atoms with E-state index in [0.717, 1.165) is 43.1 Å². The molecule has 0 saturated carbocycles. The van der Waals surface area contributed by atoms with E-state index in [1.165, 1.54) is 37.9 Å². The molecule has 2 aliphatic heterocycles. The van der Waals surface area contributed by atoms with Crippen molar-refractivity contribution in [2.75, 3.05) is 31.1 Å². The number of aryl methyl sites for hydroxylation is 1. The number of para-hydroxylation sites is 1. The summed E-state index contributed by atoms with van der Waals surface area (Å²) in [5, 5.41) is 11.8. The molecule has 2 fully saturated rings. The third-order valence-electron chi connectivity index (χ3n) is 5.17. The fourth-order valence-corrected chi connectivity index (χ4v) is 3.79. The highest BCUT2D eigenvalue weighted by molar-refractivity contribution is 5.89. The number of hydrazone groups is 1. The molecule has 2 aliphatic rings. The van der Waals surface area contributed by atoms with Gasteiger partial charge in [0.2, 0.25) is 0 Å². The molecule has 0 N–H and O–H groups in total. The number of benzene rings is 1. The van der Waals surface area contributed by atoms with E-state index in [9.17, 15) is 0 Å². The van der Waals surface area contributed by atoms with Crippen LogP contribution in [0.1, 0.15) is 43.4 Å². The minimum absolute atomic E-state index is 1.05. The van der Waals surface area contributed by atoms with Crippen LogP contribution in [0.25, 0.3) is 5.69 Å². The zero-order valence-corrected chi connectivity index (χ0v) is 15.1. The summed E-state index contributed by atoms with van der Waals surface area (Å²) in [5.74, 6) is 1.20. The van der Waals surface area contributed by atoms with E-state index in [0.29, 0.717) is 0 Å². The molecule has 0 amide bonds. The lowest BCUT2D eigenvalue weighted by atomic mass is 10.2. The van der Waals surface area contributed by atoms with E-state index in [1.54, 1.807) is 0 Å². The summed E-state index contributed by atoms with van der Waals surface area (Å²) in [6, 6.07) is 10.4. The molecule has 3 heterocycles. The van der Waals surface area contributed by atoms with Crippen molar-refractivity contribution in [1.82, 2.24) is 14.8 Å². The van der Waals surface area contributed by atoms with Crippen LogP contribution in [-0.4, -0.2) is 47.2 Å². The van der Waals surface area contributed by atoms with Crippen LogP contribution >= 0.6 is 0 Å². The first-order valence-electron chi connectivity index (χ1n) is 9.52. The van der Waals surface area contributed by atoms with Gasteiger partial charge < -0.3 is 4.90 Å². The normalized spacial score (nSPS) is 18.4. The van der Waals surface area contributed by atoms with Crippen molar-refractivity contribution in [2.24, 2.45) is 5.10 Å². The van der Waals surface area contributed by atoms with Crippen LogP contribution in [0.4, 0.5) is 5.82 Å². The van der Waals surface area contributed by atoms with E-state index >= 15 is 0 Å². The number of hydrogen-bond donors (Lipinski definition) is 0. The number of aromatic nitrogens is 2. The number of nitrogens with zero attached hydrogens (tertiary/aromatic N) is 5. The van der Waals surface area contributed by atoms with Gasteiger partial charge in [-0.05, 0) is 51.2 Å². The van der Waals surface area contributed by atoms with Crippen molar-refractivity contribution in [1.29, 1.82) is 0 Å². The SMILES string of the molecule is Cc1nn(-c2ccccc2)c(N2CCCC2)c1/C=N/N1CCCCC1. The van der Waals surface area contributed by atoms with Gasteiger partial charge in [0.15, 0.2) is 0 Å². The first-order chi connectivity index (χ1) is 12.3. The molecule has 5 heteroatoms. The summed E-state index contributed by atoms with van der Waals surface area (Å²) in [5.41, 5.74) is 3.33. The molecule has 0 unspecified atom stereocenters. The van der Waals surface area contributed by atoms with Crippen LogP contribution in [0.2, 0.25) is 0 Å². The van der Waals surface area contributed by atoms with Crippen LogP contribution < -0.4 is 4.90 Å². The predicted octanol–water partition coefficient (Wildman–Crippen LogP) is 3.60. The monoisotopic (exact) mass is 337 g/mol. The highest BCUT2D eigenvalue weighted by Crippen LogP contribution is 2.29. The molecule has 1 aromatic carbocycles. The van der Waals surface area contributed by atoms with Crippen molar-refractivity contribution >= 4 is 12.0 Å². The van der Waals surface area contributed by atoms with Gasteiger partial charge in [-0.3, -0.25) is 5.01 Å². The van der Waals surface area contributed by atoms with Crippen molar-refractivity contribution in [3.8, 4) is 5.69 Å². The van der Waals surface area contributed by atoms with Crippen molar-refractivity contribution in [2.45, 2.75) is 39.0 Å². The van der Waals surface area contributed by atoms with Gasteiger partial charge >= 0.3 is 0 Å². The van der Waals surface area contributed by atoms with Gasteiger partial charge in [-0.15, -0.1) is 0 Å². The molecule has 2 aromatic rings. The lowest BCUT2D eigenvalue weighted by Gasteiger charge is -2.24. The molecule has 0 aliphatic carbocycles. The Bertz CT molecular complexity index is 722. The number of hydrogen-bond acceptors (Lipinski definition) is 4. The lowest BCUT2D eigenvalue weighted by Crippen LogP contribution is -2.25. The first-order valence-corrected chi connectivity index (χ1v) is 9.52. The standard InChI is InChI=1S/C20H27N5/c1-17-19(16-21-24-14-6-3-7-15-24)20(23-12-8-9-13-23)25(22-17)18-10-4-2-5-11-18/h2,4-5,10-11,16H,3,6-9,12-15H2,1H3/b21-16+. The Morgan fingerprint density at radius 2 is 1.60 bits per heavy atom. The summed E-state index contributed by atoms with van der Waals surface area (Å²) in [6.07, 6.45) is 8.37. The Morgan fingerprint density at radius 3 is 2.32 bits per heavy atom. The van der Waals surface area contributed by atoms with E-state index in [4.69, 9.17) is 10.2 Å². The van der Waals surface area contributed by atoms with Crippen LogP contribution in [0, 0.1) is 6.92 Å². The minimum atomic E-state index is 1.05. The van der Waals surface area contributed by atoms with E-state index in [-0.39, 0.29) is 0 Å². The molecule has 132 valence electrons. The second kappa shape index (κ2) is 7.30. The topological polar surface area (TPSA) is 36.7 Å². The second-order valence-electron chi connectivity index (χ2n) is 7.02. The van der Waals surface area contributed by atoms with Crippen LogP contribution in [0.5, 0.6) is 0 Å². The summed E-state index contributed by atoms with van der Waals surface area (Å²) in [7, 11) is 0. The third kappa shape index (κ3) is 3.41. The minimum Gasteiger partial charge on any atom is -0.356 e. The van der Waals surface area contributed by atoms with Crippen LogP contribution in [0.15, 0.2) is 35.4 Å². The second-order valence-corrected chi connectivity index (χ2v) is 7.02. The molecule has 0 bridgehead atoms. The quantitative estimate of drug-likeness (QED) is 0.800. The molecule has 2 saturated heterocycles. The average Bonchev–Trinajstić information content (AvgIpc) is 3.29. The lowest BCUT2D eigenvalue weighted by molar-refractivity contribution is 0.240. The molecule has 0 atom stereocenters. The number of rotatable bonds is 4. The van der Waals surface area contributed by atoms with E-state index in [2.05, 4.69) is 45.8 Å². The van der Waals surface area contributed by atoms with E-state index in [1.807, 2.05) is 12.3 Å². The fraction of sp³-hybridized carbons (Fsp3) is 0.500. The largest absolute Gasteiger partial charge is 0.356 e. The Hall–Kier alpha value is -2.30. The van der Waals surface area contributed by atoms with Gasteiger partial charge in [0.25, 0.3) is 0 Å². The van der Waals surface area contributed by atoms with Gasteiger partial charge in [0, 0.05) is 26.2 Å². The highest BCUT2D eigenvalue weighted by Gasteiger charge is 2.23. The molecule has 5 nitrogen and oxygen atoms in total. The van der Waals surface area contributed by atoms with Crippen LogP contribution in [-0.2, 0) is 0 Å². The molecule has 25 heavy (non-hydrogen) atoms. The van der Waals surface area contributed by atoms with Gasteiger partial charge in [-0.2, -0.15) is 10.2 Å². The fourth-order valence-electron chi connectivity index (χ4n) is 3.79. The van der Waals surface area contributed by atoms with Gasteiger partial charge in [0.1, 0.15) is 5.82 Å². The number of anilines is 1. The Balaban J connectivity index is 1.72. The predicted molar refractivity (Wildman–Crippen MR) is 103 cm³/mol. The van der Waals surface area contributed by atoms with Gasteiger partial charge in [0.05, 0.1) is 23.2 Å². The summed E-state index contributed by atoms with van der Waals surface area (Å²) in [6.45, 7) is 6.43. The molecule has 1 aromatic heterocycles. The van der Waals surface area contributed by atoms with Crippen LogP contribution in [0.3, 0.4) is 0 Å². The van der Waals surface area contributed by atoms with Crippen molar-refractivity contribution in [3.63, 3.8) is 0 Å². The molecular formula is C20H27N5. The Labute approximate surface area is 149 Å².